The fourth-order valence-electron chi connectivity index (χ4n) is 3.63. The van der Waals surface area contributed by atoms with Gasteiger partial charge in [-0.05, 0) is 84.7 Å². The molecule has 0 aliphatic rings. The number of Topliss-reactive ketones (excluding diaryl/α,β-unsaturated/α-hetero) is 1. The average Bonchev–Trinajstić information content (AvgIpc) is 2.84. The summed E-state index contributed by atoms with van der Waals surface area (Å²) in [5.74, 6) is 1.10. The summed E-state index contributed by atoms with van der Waals surface area (Å²) < 4.78 is 23.0. The van der Waals surface area contributed by atoms with Crippen molar-refractivity contribution in [1.82, 2.24) is 0 Å². The highest BCUT2D eigenvalue weighted by molar-refractivity contribution is 5.95. The summed E-state index contributed by atoms with van der Waals surface area (Å²) in [6, 6.07) is 8.16. The fraction of sp³-hybridized carbons (Fsp3) is 0.529. The van der Waals surface area contributed by atoms with Gasteiger partial charge in [0.2, 0.25) is 0 Å². The van der Waals surface area contributed by atoms with Crippen LogP contribution in [0.5, 0.6) is 5.75 Å². The van der Waals surface area contributed by atoms with Gasteiger partial charge in [-0.3, -0.25) is 4.79 Å². The highest BCUT2D eigenvalue weighted by atomic mass is 16.5. The third-order valence-corrected chi connectivity index (χ3v) is 6.80. The Bertz CT molecular complexity index is 1100. The van der Waals surface area contributed by atoms with Crippen LogP contribution in [-0.2, 0) is 29.2 Å². The lowest BCUT2D eigenvalue weighted by molar-refractivity contribution is -0.140. The molecule has 0 bridgehead atoms. The zero-order valence-electron chi connectivity index (χ0n) is 26.4. The van der Waals surface area contributed by atoms with Crippen LogP contribution in [0.1, 0.15) is 87.6 Å². The van der Waals surface area contributed by atoms with Crippen molar-refractivity contribution in [2.45, 2.75) is 98.7 Å². The maximum Gasteiger partial charge on any atom is 0.333 e. The number of benzene rings is 1. The van der Waals surface area contributed by atoms with E-state index in [9.17, 15) is 9.59 Å². The summed E-state index contributed by atoms with van der Waals surface area (Å²) in [6.45, 7) is 27.7. The van der Waals surface area contributed by atoms with Gasteiger partial charge >= 0.3 is 5.97 Å². The van der Waals surface area contributed by atoms with Crippen molar-refractivity contribution in [3.8, 4) is 5.75 Å². The average molecular weight is 555 g/mol. The van der Waals surface area contributed by atoms with Crippen LogP contribution in [0, 0.1) is 0 Å². The number of ketones is 1. The minimum atomic E-state index is -0.481. The van der Waals surface area contributed by atoms with E-state index in [0.29, 0.717) is 30.6 Å². The van der Waals surface area contributed by atoms with Gasteiger partial charge < -0.3 is 18.9 Å². The van der Waals surface area contributed by atoms with Gasteiger partial charge in [0, 0.05) is 23.8 Å². The molecule has 0 saturated carbocycles. The van der Waals surface area contributed by atoms with E-state index in [-0.39, 0.29) is 30.4 Å². The van der Waals surface area contributed by atoms with Crippen LogP contribution in [0.3, 0.4) is 0 Å². The number of ether oxygens (including phenoxy) is 4. The van der Waals surface area contributed by atoms with Crippen molar-refractivity contribution >= 4 is 11.8 Å². The van der Waals surface area contributed by atoms with Crippen LogP contribution in [0.15, 0.2) is 72.1 Å². The molecule has 40 heavy (non-hydrogen) atoms. The SMILES string of the molecule is C=C(C)C(=O)COCCC(C)(C)Oc1ccc(C(C)(C)/C(C)=C/C=C(\C)OC(C)(C)CCOC(=O)C(=C)C)cc1. The third-order valence-electron chi connectivity index (χ3n) is 6.80. The first kappa shape index (κ1) is 34.9. The van der Waals surface area contributed by atoms with Gasteiger partial charge in [0.15, 0.2) is 5.78 Å². The number of carbonyl (C=O) groups excluding carboxylic acids is 2. The van der Waals surface area contributed by atoms with Crippen molar-refractivity contribution in [3.63, 3.8) is 0 Å². The van der Waals surface area contributed by atoms with Crippen LogP contribution < -0.4 is 4.74 Å². The normalized spacial score (nSPS) is 13.1. The molecule has 222 valence electrons. The van der Waals surface area contributed by atoms with Gasteiger partial charge in [0.05, 0.1) is 19.0 Å². The summed E-state index contributed by atoms with van der Waals surface area (Å²) in [6.07, 6.45) is 5.28. The molecule has 0 fully saturated rings. The lowest BCUT2D eigenvalue weighted by Gasteiger charge is -2.29. The van der Waals surface area contributed by atoms with Crippen LogP contribution in [0.2, 0.25) is 0 Å². The molecule has 0 unspecified atom stereocenters. The number of carbonyl (C=O) groups is 2. The third kappa shape index (κ3) is 12.4. The lowest BCUT2D eigenvalue weighted by Crippen LogP contribution is -2.30. The highest BCUT2D eigenvalue weighted by Crippen LogP contribution is 2.33. The van der Waals surface area contributed by atoms with Gasteiger partial charge in [-0.2, -0.15) is 0 Å². The molecule has 0 aliphatic heterocycles. The Hall–Kier alpha value is -3.12. The number of esters is 1. The molecule has 0 radical (unpaired) electrons. The van der Waals surface area contributed by atoms with E-state index in [0.717, 1.165) is 11.5 Å². The Kier molecular flexibility index (Phi) is 13.1. The summed E-state index contributed by atoms with van der Waals surface area (Å²) in [4.78, 5) is 23.2. The molecule has 0 atom stereocenters. The topological polar surface area (TPSA) is 71.1 Å². The smallest absolute Gasteiger partial charge is 0.333 e. The van der Waals surface area contributed by atoms with Crippen molar-refractivity contribution in [2.75, 3.05) is 19.8 Å². The van der Waals surface area contributed by atoms with Gasteiger partial charge in [0.25, 0.3) is 0 Å². The molecular weight excluding hydrogens is 504 g/mol. The first-order valence-corrected chi connectivity index (χ1v) is 13.8. The Balaban J connectivity index is 2.75. The predicted molar refractivity (Wildman–Crippen MR) is 162 cm³/mol. The first-order valence-electron chi connectivity index (χ1n) is 13.8. The molecule has 6 heteroatoms. The molecule has 0 heterocycles. The fourth-order valence-corrected chi connectivity index (χ4v) is 3.63. The Labute approximate surface area is 242 Å². The van der Waals surface area contributed by atoms with Gasteiger partial charge in [-0.15, -0.1) is 0 Å². The van der Waals surface area contributed by atoms with E-state index in [1.165, 1.54) is 11.1 Å². The number of hydrogen-bond donors (Lipinski definition) is 0. The number of hydrogen-bond acceptors (Lipinski definition) is 6. The van der Waals surface area contributed by atoms with E-state index < -0.39 is 11.2 Å². The molecule has 0 N–H and O–H groups in total. The van der Waals surface area contributed by atoms with E-state index in [1.54, 1.807) is 13.8 Å². The molecule has 0 aliphatic carbocycles. The number of rotatable bonds is 17. The zero-order valence-corrected chi connectivity index (χ0v) is 26.4. The largest absolute Gasteiger partial charge is 0.492 e. The van der Waals surface area contributed by atoms with E-state index in [1.807, 2.05) is 52.8 Å². The molecule has 0 aromatic heterocycles. The molecular formula is C34H50O6. The minimum Gasteiger partial charge on any atom is -0.492 e. The monoisotopic (exact) mass is 554 g/mol. The predicted octanol–water partition coefficient (Wildman–Crippen LogP) is 7.83. The molecule has 1 rings (SSSR count). The second kappa shape index (κ2) is 15.0. The molecule has 1 aromatic rings. The molecule has 0 spiro atoms. The van der Waals surface area contributed by atoms with Gasteiger partial charge in [-0.1, -0.05) is 50.8 Å². The minimum absolute atomic E-state index is 0.0492. The summed E-state index contributed by atoms with van der Waals surface area (Å²) in [7, 11) is 0. The van der Waals surface area contributed by atoms with E-state index in [4.69, 9.17) is 18.9 Å². The summed E-state index contributed by atoms with van der Waals surface area (Å²) in [5, 5.41) is 0. The summed E-state index contributed by atoms with van der Waals surface area (Å²) >= 11 is 0. The Morgan fingerprint density at radius 3 is 1.93 bits per heavy atom. The van der Waals surface area contributed by atoms with Crippen molar-refractivity contribution in [1.29, 1.82) is 0 Å². The van der Waals surface area contributed by atoms with Crippen LogP contribution in [0.25, 0.3) is 0 Å². The Morgan fingerprint density at radius 2 is 1.38 bits per heavy atom. The zero-order chi connectivity index (χ0) is 30.7. The maximum atomic E-state index is 11.6. The second-order valence-electron chi connectivity index (χ2n) is 12.2. The van der Waals surface area contributed by atoms with Crippen LogP contribution >= 0.6 is 0 Å². The molecule has 0 amide bonds. The van der Waals surface area contributed by atoms with Gasteiger partial charge in [-0.25, -0.2) is 4.79 Å². The highest BCUT2D eigenvalue weighted by Gasteiger charge is 2.25. The summed E-state index contributed by atoms with van der Waals surface area (Å²) in [5.41, 5.74) is 2.11. The van der Waals surface area contributed by atoms with Crippen molar-refractivity contribution < 1.29 is 28.5 Å². The number of allylic oxidation sites excluding steroid dienone is 4. The standard InChI is InChI=1S/C34H50O6/c1-24(2)30(35)23-37-21-19-33(9,10)40-29-17-15-28(16-18-29)34(11,12)26(5)13-14-27(6)39-32(7,8)20-22-38-31(36)25(3)4/h13-18H,1,3,19-23H2,2,4-12H3/b26-13+,27-14+. The van der Waals surface area contributed by atoms with Crippen molar-refractivity contribution in [2.24, 2.45) is 0 Å². The maximum absolute atomic E-state index is 11.6. The second-order valence-corrected chi connectivity index (χ2v) is 12.2. The molecule has 1 aromatic carbocycles. The lowest BCUT2D eigenvalue weighted by atomic mass is 9.78. The quantitative estimate of drug-likeness (QED) is 0.0642. The molecule has 6 nitrogen and oxygen atoms in total. The van der Waals surface area contributed by atoms with Crippen LogP contribution in [-0.4, -0.2) is 42.8 Å². The van der Waals surface area contributed by atoms with Gasteiger partial charge in [0.1, 0.15) is 23.6 Å². The Morgan fingerprint density at radius 1 is 0.800 bits per heavy atom. The van der Waals surface area contributed by atoms with Crippen LogP contribution in [0.4, 0.5) is 0 Å². The molecule has 0 saturated heterocycles. The van der Waals surface area contributed by atoms with Crippen molar-refractivity contribution in [3.05, 3.63) is 77.6 Å². The van der Waals surface area contributed by atoms with E-state index >= 15 is 0 Å². The van der Waals surface area contributed by atoms with E-state index in [2.05, 4.69) is 52.1 Å². The first-order chi connectivity index (χ1) is 18.4.